The van der Waals surface area contributed by atoms with Crippen LogP contribution in [0.25, 0.3) is 5.69 Å². The van der Waals surface area contributed by atoms with Crippen LogP contribution in [0.1, 0.15) is 11.1 Å². The maximum atomic E-state index is 12.2. The molecule has 47 heavy (non-hydrogen) atoms. The van der Waals surface area contributed by atoms with E-state index in [0.717, 1.165) is 21.7 Å². The van der Waals surface area contributed by atoms with Gasteiger partial charge in [0, 0.05) is 29.6 Å². The molecule has 0 bridgehead atoms. The number of hydrogen-bond acceptors (Lipinski definition) is 17. The van der Waals surface area contributed by atoms with Crippen LogP contribution in [-0.2, 0) is 28.9 Å². The Hall–Kier alpha value is -1.70. The van der Waals surface area contributed by atoms with Crippen molar-refractivity contribution in [2.45, 2.75) is 11.8 Å². The summed E-state index contributed by atoms with van der Waals surface area (Å²) in [7, 11) is -3.44. The molecule has 0 spiro atoms. The van der Waals surface area contributed by atoms with Gasteiger partial charge in [0.1, 0.15) is 51.5 Å². The second-order valence-corrected chi connectivity index (χ2v) is 10.0. The van der Waals surface area contributed by atoms with Gasteiger partial charge in [0.15, 0.2) is 5.82 Å². The third-order valence-corrected chi connectivity index (χ3v) is 6.48. The quantitative estimate of drug-likeness (QED) is 0.0226. The zero-order valence-corrected chi connectivity index (χ0v) is 33.5. The van der Waals surface area contributed by atoms with Crippen LogP contribution in [0, 0.1) is 40.8 Å². The van der Waals surface area contributed by atoms with E-state index in [1.807, 2.05) is 6.07 Å². The first-order valence-electron chi connectivity index (χ1n) is 11.3. The van der Waals surface area contributed by atoms with Gasteiger partial charge in [-0.3, -0.25) is 10.1 Å². The fraction of sp³-hybridized carbons (Fsp3) is 0.0870. The number of carbonyl (C=O) groups excluding carboxylic acids is 1. The number of nitrogens with zero attached hydrogens (tertiary/aromatic N) is 6. The molecule has 1 heterocycles. The Morgan fingerprint density at radius 3 is 2.23 bits per heavy atom. The van der Waals surface area contributed by atoms with E-state index < -0.39 is 21.0 Å². The Bertz CT molecular complexity index is 1810. The predicted molar refractivity (Wildman–Crippen MR) is 147 cm³/mol. The Morgan fingerprint density at radius 2 is 1.68 bits per heavy atom. The molecule has 2 amide bonds. The Balaban J connectivity index is 0.00000705. The van der Waals surface area contributed by atoms with Crippen molar-refractivity contribution in [3.63, 3.8) is 0 Å². The van der Waals surface area contributed by atoms with E-state index >= 15 is 0 Å². The summed E-state index contributed by atoms with van der Waals surface area (Å²) in [6.07, 6.45) is 1.17. The first kappa shape index (κ1) is 45.3. The number of benzene rings is 2. The summed E-state index contributed by atoms with van der Waals surface area (Å²) in [4.78, 5) is 12.8. The molecule has 0 saturated carbocycles. The van der Waals surface area contributed by atoms with Gasteiger partial charge >= 0.3 is 94.7 Å². The summed E-state index contributed by atoms with van der Waals surface area (Å²) in [5, 5.41) is 58.1. The molecule has 0 aliphatic heterocycles. The average molecular weight is 729 g/mol. The summed E-state index contributed by atoms with van der Waals surface area (Å²) >= 11 is 0.675. The summed E-state index contributed by atoms with van der Waals surface area (Å²) < 4.78 is 44.1. The molecule has 3 rings (SSSR count). The summed E-state index contributed by atoms with van der Waals surface area (Å²) in [6, 6.07) is 14.2. The van der Waals surface area contributed by atoms with Crippen molar-refractivity contribution in [2.24, 2.45) is 10.2 Å². The molecule has 0 unspecified atom stereocenters. The number of hydrogen-bond donors (Lipinski definition) is 2. The number of urea groups is 1. The van der Waals surface area contributed by atoms with Gasteiger partial charge < -0.3 is 25.7 Å². The van der Waals surface area contributed by atoms with E-state index in [0.29, 0.717) is 29.6 Å². The van der Waals surface area contributed by atoms with E-state index in [4.69, 9.17) is 0 Å². The number of anilines is 2. The third kappa shape index (κ3) is 13.6. The van der Waals surface area contributed by atoms with Crippen LogP contribution in [0.15, 0.2) is 57.7 Å². The van der Waals surface area contributed by atoms with Gasteiger partial charge in [-0.05, 0) is 42.8 Å². The van der Waals surface area contributed by atoms with Crippen LogP contribution >= 0.6 is 24.1 Å². The van der Waals surface area contributed by atoms with Crippen LogP contribution in [0.5, 0.6) is 0 Å². The number of rotatable bonds is 10. The topological polar surface area (TPSA) is 251 Å². The fourth-order valence-corrected chi connectivity index (χ4v) is 4.02. The van der Waals surface area contributed by atoms with Crippen LogP contribution in [0.4, 0.5) is 27.7 Å². The maximum absolute atomic E-state index is 12.2. The predicted octanol–water partition coefficient (Wildman–Crippen LogP) is -7.48. The molecule has 2 N–H and O–H groups in total. The van der Waals surface area contributed by atoms with Crippen molar-refractivity contribution in [1.29, 1.82) is 5.26 Å². The Kier molecular flexibility index (Phi) is 22.0. The van der Waals surface area contributed by atoms with Gasteiger partial charge in [0.05, 0.1) is 28.2 Å². The number of amides is 2. The molecule has 18 nitrogen and oxygen atoms in total. The molecule has 0 radical (unpaired) electrons. The molecule has 3 aromatic rings. The van der Waals surface area contributed by atoms with Gasteiger partial charge in [0.2, 0.25) is 0 Å². The first-order valence-corrected chi connectivity index (χ1v) is 14.2. The molecule has 2 aromatic carbocycles. The molecule has 1 aromatic heterocycles. The van der Waals surface area contributed by atoms with Gasteiger partial charge in [-0.2, -0.15) is 19.0 Å². The van der Waals surface area contributed by atoms with E-state index in [1.165, 1.54) is 37.5 Å². The van der Waals surface area contributed by atoms with Crippen molar-refractivity contribution < 1.29 is 136 Å². The van der Waals surface area contributed by atoms with Gasteiger partial charge in [0.25, 0.3) is 0 Å². The molecule has 0 atom stereocenters. The van der Waals surface area contributed by atoms with Crippen LogP contribution in [-0.4, -0.2) is 35.8 Å². The minimum absolute atomic E-state index is 0. The maximum Gasteiger partial charge on any atom is 1.00 e. The third-order valence-electron chi connectivity index (χ3n) is 5.05. The van der Waals surface area contributed by atoms with Crippen LogP contribution in [0.3, 0.4) is 0 Å². The second kappa shape index (κ2) is 22.8. The fourth-order valence-electron chi connectivity index (χ4n) is 3.15. The molecule has 228 valence electrons. The zero-order chi connectivity index (χ0) is 32.1. The van der Waals surface area contributed by atoms with Crippen molar-refractivity contribution in [3.05, 3.63) is 53.7 Å². The van der Waals surface area contributed by atoms with E-state index in [2.05, 4.69) is 67.3 Å². The van der Waals surface area contributed by atoms with Crippen molar-refractivity contribution in [2.75, 3.05) is 17.3 Å². The largest absolute Gasteiger partial charge is 1.00 e. The van der Waals surface area contributed by atoms with Crippen LogP contribution in [0.2, 0.25) is 0 Å². The minimum atomic E-state index is -4.80. The normalized spacial score (nSPS) is 10.0. The zero-order valence-electron chi connectivity index (χ0n) is 25.0. The van der Waals surface area contributed by atoms with E-state index in [-0.39, 0.29) is 123 Å². The van der Waals surface area contributed by atoms with Gasteiger partial charge in [-0.15, -0.1) is 10.2 Å². The van der Waals surface area contributed by atoms with Crippen molar-refractivity contribution in [3.8, 4) is 34.4 Å². The molecule has 24 heteroatoms. The summed E-state index contributed by atoms with van der Waals surface area (Å²) in [5.41, 5.74) is 0.983. The SMILES string of the molecule is CNC(=O)Nc1cc(N(C#CSOO[O-])C#CSOO[O-])ccc1N=Nc1c(C#N)cnn1-c1cc(S(=O)(=O)[O-])ccc1C.[Na+].[Na+].[Na+]. The van der Waals surface area contributed by atoms with Crippen molar-refractivity contribution >= 4 is 63.1 Å². The Labute approximate surface area is 342 Å². The monoisotopic (exact) mass is 728 g/mol. The number of nitriles is 1. The van der Waals surface area contributed by atoms with E-state index in [1.54, 1.807) is 6.92 Å². The standard InChI is InChI=1S/C23H18N8O10S3.3Na/c1-15-3-5-18(44(35,36)37)12-21(15)31-22(16(13-24)14-26-31)29-28-19-6-4-17(11-20(19)27-23(32)25-2)30(7-9-42-40-38-33)8-10-43-41-39-34;;;/h3-6,11-12,14,33-34H,1-2H3,(H2,25,27,32)(H,35,36,37);;;/q;3*+1/p-3. The molecule has 0 saturated heterocycles. The molecular weight excluding hydrogens is 713 g/mol. The summed E-state index contributed by atoms with van der Waals surface area (Å²) in [6.45, 7) is 1.63. The van der Waals surface area contributed by atoms with E-state index in [9.17, 15) is 33.5 Å². The van der Waals surface area contributed by atoms with Crippen LogP contribution < -0.4 is 115 Å². The van der Waals surface area contributed by atoms with Gasteiger partial charge in [-0.25, -0.2) is 22.8 Å². The first-order chi connectivity index (χ1) is 21.1. The minimum Gasteiger partial charge on any atom is -0.744 e. The molecular formula is C23H15N8Na3O10S3. The summed E-state index contributed by atoms with van der Waals surface area (Å²) in [5.74, 6) is -0.111. The number of azo groups is 1. The molecule has 0 fully saturated rings. The average Bonchev–Trinajstić information content (AvgIpc) is 3.41. The van der Waals surface area contributed by atoms with Crippen molar-refractivity contribution in [1.82, 2.24) is 15.1 Å². The number of aryl methyl sites for hydroxylation is 1. The Morgan fingerprint density at radius 1 is 1.04 bits per heavy atom. The van der Waals surface area contributed by atoms with Gasteiger partial charge in [-0.1, -0.05) is 6.07 Å². The molecule has 0 aliphatic carbocycles. The number of nitrogens with one attached hydrogen (secondary N) is 2. The number of carbonyl (C=O) groups is 1. The smallest absolute Gasteiger partial charge is 0.744 e. The molecule has 0 aliphatic rings. The number of aromatic nitrogens is 2. The second-order valence-electron chi connectivity index (χ2n) is 7.62.